The monoisotopic (exact) mass is 424 g/mol. The molecule has 0 amide bonds. The number of ether oxygens (including phenoxy) is 1. The van der Waals surface area contributed by atoms with Crippen molar-refractivity contribution in [3.05, 3.63) is 53.4 Å². The number of hydrogen-bond acceptors (Lipinski definition) is 5. The van der Waals surface area contributed by atoms with Gasteiger partial charge in [-0.1, -0.05) is 32.6 Å². The van der Waals surface area contributed by atoms with Crippen LogP contribution in [0.3, 0.4) is 0 Å². The fourth-order valence-corrected chi connectivity index (χ4v) is 4.87. The van der Waals surface area contributed by atoms with E-state index in [1.165, 1.54) is 0 Å². The molecule has 0 bridgehead atoms. The fraction of sp³-hybridized carbons (Fsp3) is 0.538. The molecule has 1 N–H and O–H groups in total. The van der Waals surface area contributed by atoms with Crippen LogP contribution in [-0.2, 0) is 14.3 Å². The minimum Gasteiger partial charge on any atom is -0.462 e. The highest BCUT2D eigenvalue weighted by Gasteiger charge is 2.46. The zero-order valence-electron chi connectivity index (χ0n) is 19.7. The van der Waals surface area contributed by atoms with Crippen LogP contribution < -0.4 is 10.2 Å². The Balaban J connectivity index is 2.10. The summed E-state index contributed by atoms with van der Waals surface area (Å²) >= 11 is 0. The predicted molar refractivity (Wildman–Crippen MR) is 125 cm³/mol. The second-order valence-corrected chi connectivity index (χ2v) is 9.69. The number of nitrogens with one attached hydrogen (secondary N) is 1. The highest BCUT2D eigenvalue weighted by molar-refractivity contribution is 6.00. The summed E-state index contributed by atoms with van der Waals surface area (Å²) in [4.78, 5) is 28.7. The molecule has 0 radical (unpaired) electrons. The lowest BCUT2D eigenvalue weighted by Crippen LogP contribution is -2.44. The Morgan fingerprint density at radius 2 is 1.81 bits per heavy atom. The number of nitrogens with zero attached hydrogens (tertiary/aromatic N) is 1. The molecular weight excluding hydrogens is 388 g/mol. The first-order valence-electron chi connectivity index (χ1n) is 11.4. The van der Waals surface area contributed by atoms with Gasteiger partial charge in [-0.15, -0.1) is 0 Å². The molecule has 1 aromatic carbocycles. The van der Waals surface area contributed by atoms with Crippen LogP contribution in [0.25, 0.3) is 0 Å². The van der Waals surface area contributed by atoms with E-state index in [-0.39, 0.29) is 29.2 Å². The molecule has 1 heterocycles. The Bertz CT molecular complexity index is 892. The maximum atomic E-state index is 13.3. The van der Waals surface area contributed by atoms with E-state index in [0.717, 1.165) is 36.5 Å². The Hall–Kier alpha value is -2.56. The average Bonchev–Trinajstić information content (AvgIpc) is 2.66. The van der Waals surface area contributed by atoms with Crippen molar-refractivity contribution in [3.8, 4) is 0 Å². The number of Topliss-reactive ketones (excluding diaryl/α,β-unsaturated/α-hetero) is 1. The Labute approximate surface area is 186 Å². The van der Waals surface area contributed by atoms with Gasteiger partial charge in [0.2, 0.25) is 0 Å². The normalized spacial score (nSPS) is 22.8. The van der Waals surface area contributed by atoms with Gasteiger partial charge in [0.1, 0.15) is 5.92 Å². The van der Waals surface area contributed by atoms with Gasteiger partial charge in [-0.05, 0) is 57.2 Å². The molecule has 0 fully saturated rings. The summed E-state index contributed by atoms with van der Waals surface area (Å²) in [6, 6.07) is 8.25. The van der Waals surface area contributed by atoms with Crippen LogP contribution in [0.1, 0.15) is 65.9 Å². The summed E-state index contributed by atoms with van der Waals surface area (Å²) in [5.74, 6) is -1.25. The number of benzene rings is 1. The van der Waals surface area contributed by atoms with Crippen LogP contribution in [0.2, 0.25) is 0 Å². The van der Waals surface area contributed by atoms with Crippen LogP contribution >= 0.6 is 0 Å². The number of carbonyl (C=O) groups is 2. The van der Waals surface area contributed by atoms with Gasteiger partial charge in [0.25, 0.3) is 0 Å². The summed E-state index contributed by atoms with van der Waals surface area (Å²) in [6.07, 6.45) is 0.995. The van der Waals surface area contributed by atoms with Crippen molar-refractivity contribution >= 4 is 17.4 Å². The molecule has 1 aliphatic heterocycles. The van der Waals surface area contributed by atoms with Crippen LogP contribution in [-0.4, -0.2) is 30.9 Å². The first-order chi connectivity index (χ1) is 14.6. The first kappa shape index (κ1) is 23.1. The molecule has 0 saturated heterocycles. The van der Waals surface area contributed by atoms with Crippen molar-refractivity contribution < 1.29 is 14.3 Å². The lowest BCUT2D eigenvalue weighted by Gasteiger charge is -2.42. The van der Waals surface area contributed by atoms with Crippen LogP contribution in [0, 0.1) is 11.3 Å². The van der Waals surface area contributed by atoms with Gasteiger partial charge in [-0.3, -0.25) is 9.59 Å². The molecule has 2 unspecified atom stereocenters. The van der Waals surface area contributed by atoms with Gasteiger partial charge in [0, 0.05) is 48.1 Å². The maximum absolute atomic E-state index is 13.3. The number of allylic oxidation sites excluding steroid dienone is 2. The van der Waals surface area contributed by atoms with E-state index in [1.54, 1.807) is 0 Å². The predicted octanol–water partition coefficient (Wildman–Crippen LogP) is 4.94. The van der Waals surface area contributed by atoms with E-state index >= 15 is 0 Å². The molecule has 168 valence electrons. The Morgan fingerprint density at radius 3 is 2.35 bits per heavy atom. The molecule has 31 heavy (non-hydrogen) atoms. The fourth-order valence-electron chi connectivity index (χ4n) is 4.87. The largest absolute Gasteiger partial charge is 0.462 e. The number of carbonyl (C=O) groups excluding carboxylic acids is 2. The van der Waals surface area contributed by atoms with Gasteiger partial charge in [-0.2, -0.15) is 0 Å². The SMILES string of the molecule is C=C1NC2=C(C(=O)CC(C)(C)C2)C(c2ccc(N(CC)CC)cc2)C1C(=O)OC(C)C. The summed E-state index contributed by atoms with van der Waals surface area (Å²) < 4.78 is 5.58. The third-order valence-electron chi connectivity index (χ3n) is 6.24. The number of rotatable bonds is 6. The number of ketones is 1. The third-order valence-corrected chi connectivity index (χ3v) is 6.24. The third kappa shape index (κ3) is 4.70. The highest BCUT2D eigenvalue weighted by Crippen LogP contribution is 2.48. The van der Waals surface area contributed by atoms with E-state index in [2.05, 4.69) is 56.6 Å². The zero-order valence-corrected chi connectivity index (χ0v) is 19.7. The average molecular weight is 425 g/mol. The smallest absolute Gasteiger partial charge is 0.316 e. The van der Waals surface area contributed by atoms with E-state index in [9.17, 15) is 9.59 Å². The summed E-state index contributed by atoms with van der Waals surface area (Å²) in [5, 5.41) is 3.31. The standard InChI is InChI=1S/C26H36N2O3/c1-8-28(9-2)19-12-10-18(11-13-19)23-22(25(30)31-16(3)4)17(5)27-20-14-26(6,7)15-21(29)24(20)23/h10-13,16,22-23,27H,5,8-9,14-15H2,1-4,6-7H3. The molecule has 3 rings (SSSR count). The first-order valence-corrected chi connectivity index (χ1v) is 11.4. The minimum atomic E-state index is -0.634. The van der Waals surface area contributed by atoms with Crippen molar-refractivity contribution in [2.24, 2.45) is 11.3 Å². The van der Waals surface area contributed by atoms with Gasteiger partial charge in [0.05, 0.1) is 6.10 Å². The molecule has 5 heteroatoms. The molecule has 2 aliphatic rings. The summed E-state index contributed by atoms with van der Waals surface area (Å²) in [6.45, 7) is 18.2. The molecule has 0 saturated carbocycles. The quantitative estimate of drug-likeness (QED) is 0.655. The van der Waals surface area contributed by atoms with Crippen LogP contribution in [0.4, 0.5) is 5.69 Å². The van der Waals surface area contributed by atoms with E-state index < -0.39 is 5.92 Å². The van der Waals surface area contributed by atoms with Crippen molar-refractivity contribution in [2.45, 2.75) is 66.4 Å². The van der Waals surface area contributed by atoms with Crippen molar-refractivity contribution in [1.82, 2.24) is 5.32 Å². The lowest BCUT2D eigenvalue weighted by atomic mass is 9.66. The van der Waals surface area contributed by atoms with Crippen LogP contribution in [0.5, 0.6) is 0 Å². The van der Waals surface area contributed by atoms with Gasteiger partial charge >= 0.3 is 5.97 Å². The molecule has 2 atom stereocenters. The number of anilines is 1. The Kier molecular flexibility index (Phi) is 6.63. The van der Waals surface area contributed by atoms with Gasteiger partial charge in [-0.25, -0.2) is 0 Å². The van der Waals surface area contributed by atoms with Crippen LogP contribution in [0.15, 0.2) is 47.8 Å². The summed E-state index contributed by atoms with van der Waals surface area (Å²) in [5.41, 5.74) is 4.18. The number of hydrogen-bond donors (Lipinski definition) is 1. The van der Waals surface area contributed by atoms with Gasteiger partial charge in [0.15, 0.2) is 5.78 Å². The summed E-state index contributed by atoms with van der Waals surface area (Å²) in [7, 11) is 0. The molecule has 1 aromatic rings. The molecule has 5 nitrogen and oxygen atoms in total. The van der Waals surface area contributed by atoms with Crippen molar-refractivity contribution in [2.75, 3.05) is 18.0 Å². The second kappa shape index (κ2) is 8.89. The topological polar surface area (TPSA) is 58.6 Å². The number of esters is 1. The minimum absolute atomic E-state index is 0.103. The Morgan fingerprint density at radius 1 is 1.19 bits per heavy atom. The van der Waals surface area contributed by atoms with Crippen molar-refractivity contribution in [3.63, 3.8) is 0 Å². The maximum Gasteiger partial charge on any atom is 0.316 e. The zero-order chi connectivity index (χ0) is 22.9. The molecule has 1 aliphatic carbocycles. The second-order valence-electron chi connectivity index (χ2n) is 9.69. The van der Waals surface area contributed by atoms with Crippen molar-refractivity contribution in [1.29, 1.82) is 0 Å². The lowest BCUT2D eigenvalue weighted by molar-refractivity contribution is -0.151. The van der Waals surface area contributed by atoms with Gasteiger partial charge < -0.3 is 15.0 Å². The molecular formula is C26H36N2O3. The molecule has 0 aromatic heterocycles. The highest BCUT2D eigenvalue weighted by atomic mass is 16.5. The van der Waals surface area contributed by atoms with E-state index in [4.69, 9.17) is 4.74 Å². The van der Waals surface area contributed by atoms with E-state index in [0.29, 0.717) is 17.7 Å². The molecule has 0 spiro atoms. The van der Waals surface area contributed by atoms with E-state index in [1.807, 2.05) is 26.0 Å².